The van der Waals surface area contributed by atoms with Crippen molar-refractivity contribution in [2.24, 2.45) is 0 Å². The van der Waals surface area contributed by atoms with Crippen LogP contribution in [-0.2, 0) is 21.0 Å². The molecule has 0 aliphatic rings. The molecule has 0 unspecified atom stereocenters. The van der Waals surface area contributed by atoms with Crippen molar-refractivity contribution >= 4 is 27.3 Å². The summed E-state index contributed by atoms with van der Waals surface area (Å²) in [5.41, 5.74) is 0.668. The number of rotatable bonds is 9. The van der Waals surface area contributed by atoms with Crippen LogP contribution in [0.15, 0.2) is 108 Å². The predicted molar refractivity (Wildman–Crippen MR) is 144 cm³/mol. The predicted octanol–water partition coefficient (Wildman–Crippen LogP) is 6.61. The van der Waals surface area contributed by atoms with E-state index >= 15 is 0 Å². The minimum Gasteiger partial charge on any atom is -0.494 e. The van der Waals surface area contributed by atoms with E-state index in [4.69, 9.17) is 4.74 Å². The SMILES string of the molecule is CCOc1ccc(NC(=O)CN(c2cccc(C(F)(F)F)c2)S(=O)(=O)c2ccc(-c3ccccc3)cc2)cc1. The zero-order chi connectivity index (χ0) is 28.0. The number of ether oxygens (including phenoxy) is 1. The number of alkyl halides is 3. The van der Waals surface area contributed by atoms with Crippen molar-refractivity contribution in [3.63, 3.8) is 0 Å². The van der Waals surface area contributed by atoms with Gasteiger partial charge in [-0.05, 0) is 72.6 Å². The molecule has 0 spiro atoms. The molecule has 202 valence electrons. The number of halogens is 3. The van der Waals surface area contributed by atoms with Crippen molar-refractivity contribution in [3.8, 4) is 16.9 Å². The van der Waals surface area contributed by atoms with Crippen molar-refractivity contribution in [2.75, 3.05) is 22.8 Å². The van der Waals surface area contributed by atoms with Gasteiger partial charge in [-0.25, -0.2) is 8.42 Å². The monoisotopic (exact) mass is 554 g/mol. The summed E-state index contributed by atoms with van der Waals surface area (Å²) in [4.78, 5) is 12.8. The summed E-state index contributed by atoms with van der Waals surface area (Å²) in [7, 11) is -4.43. The van der Waals surface area contributed by atoms with Crippen LogP contribution < -0.4 is 14.4 Å². The summed E-state index contributed by atoms with van der Waals surface area (Å²) in [5.74, 6) is -0.149. The molecule has 0 heterocycles. The van der Waals surface area contributed by atoms with Gasteiger partial charge in [0.2, 0.25) is 5.91 Å². The molecular formula is C29H25F3N2O4S. The standard InChI is InChI=1S/C29H25F3N2O4S/c1-2-38-26-15-13-24(14-16-26)33-28(35)20-34(25-10-6-9-23(19-25)29(30,31)32)39(36,37)27-17-11-22(12-18-27)21-7-4-3-5-8-21/h3-19H,2,20H2,1H3,(H,33,35). The molecule has 0 atom stereocenters. The average Bonchev–Trinajstić information content (AvgIpc) is 2.93. The maximum absolute atomic E-state index is 13.7. The Labute approximate surface area is 224 Å². The molecule has 0 saturated heterocycles. The van der Waals surface area contributed by atoms with E-state index in [0.29, 0.717) is 28.4 Å². The van der Waals surface area contributed by atoms with Crippen LogP contribution in [0.25, 0.3) is 11.1 Å². The lowest BCUT2D eigenvalue weighted by molar-refractivity contribution is -0.137. The average molecular weight is 555 g/mol. The smallest absolute Gasteiger partial charge is 0.416 e. The number of hydrogen-bond donors (Lipinski definition) is 1. The summed E-state index contributed by atoms with van der Waals surface area (Å²) in [5, 5.41) is 2.59. The molecule has 0 radical (unpaired) electrons. The van der Waals surface area contributed by atoms with E-state index in [0.717, 1.165) is 23.3 Å². The number of amides is 1. The number of nitrogens with zero attached hydrogens (tertiary/aromatic N) is 1. The van der Waals surface area contributed by atoms with Gasteiger partial charge in [-0.15, -0.1) is 0 Å². The number of sulfonamides is 1. The summed E-state index contributed by atoms with van der Waals surface area (Å²) in [6.45, 7) is 1.53. The molecule has 6 nitrogen and oxygen atoms in total. The van der Waals surface area contributed by atoms with E-state index in [-0.39, 0.29) is 10.6 Å². The topological polar surface area (TPSA) is 75.7 Å². The highest BCUT2D eigenvalue weighted by Gasteiger charge is 2.33. The number of hydrogen-bond acceptors (Lipinski definition) is 4. The molecule has 10 heteroatoms. The molecule has 0 aromatic heterocycles. The molecule has 0 saturated carbocycles. The van der Waals surface area contributed by atoms with Gasteiger partial charge in [-0.2, -0.15) is 13.2 Å². The Kier molecular flexibility index (Phi) is 8.25. The molecule has 1 N–H and O–H groups in total. The van der Waals surface area contributed by atoms with Crippen LogP contribution in [0.5, 0.6) is 5.75 Å². The van der Waals surface area contributed by atoms with E-state index in [1.54, 1.807) is 36.4 Å². The van der Waals surface area contributed by atoms with E-state index in [1.807, 2.05) is 37.3 Å². The van der Waals surface area contributed by atoms with Crippen LogP contribution in [0, 0.1) is 0 Å². The Morgan fingerprint density at radius 3 is 2.10 bits per heavy atom. The van der Waals surface area contributed by atoms with Gasteiger partial charge in [0, 0.05) is 5.69 Å². The van der Waals surface area contributed by atoms with E-state index < -0.39 is 34.2 Å². The third kappa shape index (κ3) is 6.77. The molecule has 0 bridgehead atoms. The lowest BCUT2D eigenvalue weighted by Crippen LogP contribution is -2.38. The van der Waals surface area contributed by atoms with Gasteiger partial charge in [0.15, 0.2) is 0 Å². The Bertz CT molecular complexity index is 1520. The van der Waals surface area contributed by atoms with E-state index in [9.17, 15) is 26.4 Å². The summed E-state index contributed by atoms with van der Waals surface area (Å²) in [6.07, 6.45) is -4.70. The molecular weight excluding hydrogens is 529 g/mol. The minimum absolute atomic E-state index is 0.173. The van der Waals surface area contributed by atoms with Gasteiger partial charge in [0.25, 0.3) is 10.0 Å². The number of anilines is 2. The quantitative estimate of drug-likeness (QED) is 0.253. The van der Waals surface area contributed by atoms with Gasteiger partial charge >= 0.3 is 6.18 Å². The molecule has 1 amide bonds. The maximum Gasteiger partial charge on any atom is 0.416 e. The molecule has 4 rings (SSSR count). The van der Waals surface area contributed by atoms with E-state index in [1.165, 1.54) is 18.2 Å². The first kappa shape index (κ1) is 27.7. The first-order valence-electron chi connectivity index (χ1n) is 12.0. The van der Waals surface area contributed by atoms with E-state index in [2.05, 4.69) is 5.32 Å². The fraction of sp³-hybridized carbons (Fsp3) is 0.138. The number of carbonyl (C=O) groups excluding carboxylic acids is 1. The van der Waals surface area contributed by atoms with Crippen LogP contribution in [0.4, 0.5) is 24.5 Å². The highest BCUT2D eigenvalue weighted by molar-refractivity contribution is 7.92. The number of nitrogens with one attached hydrogen (secondary N) is 1. The molecule has 39 heavy (non-hydrogen) atoms. The van der Waals surface area contributed by atoms with Crippen LogP contribution >= 0.6 is 0 Å². The fourth-order valence-electron chi connectivity index (χ4n) is 3.86. The van der Waals surface area contributed by atoms with Crippen LogP contribution in [0.1, 0.15) is 12.5 Å². The van der Waals surface area contributed by atoms with Crippen molar-refractivity contribution in [3.05, 3.63) is 109 Å². The van der Waals surface area contributed by atoms with Crippen molar-refractivity contribution in [1.29, 1.82) is 0 Å². The normalized spacial score (nSPS) is 11.6. The zero-order valence-electron chi connectivity index (χ0n) is 20.9. The third-order valence-corrected chi connectivity index (χ3v) is 7.54. The second-order valence-electron chi connectivity index (χ2n) is 8.46. The van der Waals surface area contributed by atoms with Crippen LogP contribution in [0.3, 0.4) is 0 Å². The fourth-order valence-corrected chi connectivity index (χ4v) is 5.27. The summed E-state index contributed by atoms with van der Waals surface area (Å²) < 4.78 is 73.7. The van der Waals surface area contributed by atoms with Gasteiger partial charge < -0.3 is 10.1 Å². The first-order valence-corrected chi connectivity index (χ1v) is 13.4. The van der Waals surface area contributed by atoms with Crippen LogP contribution in [-0.4, -0.2) is 27.5 Å². The Morgan fingerprint density at radius 2 is 1.49 bits per heavy atom. The first-order chi connectivity index (χ1) is 18.6. The second kappa shape index (κ2) is 11.6. The van der Waals surface area contributed by atoms with Crippen molar-refractivity contribution in [2.45, 2.75) is 18.0 Å². The molecule has 4 aromatic rings. The number of carbonyl (C=O) groups is 1. The van der Waals surface area contributed by atoms with Crippen LogP contribution in [0.2, 0.25) is 0 Å². The lowest BCUT2D eigenvalue weighted by Gasteiger charge is -2.25. The molecule has 4 aromatic carbocycles. The van der Waals surface area contributed by atoms with Crippen molar-refractivity contribution in [1.82, 2.24) is 0 Å². The second-order valence-corrected chi connectivity index (χ2v) is 10.3. The molecule has 0 fully saturated rings. The Hall–Kier alpha value is -4.31. The lowest BCUT2D eigenvalue weighted by atomic mass is 10.1. The molecule has 0 aliphatic heterocycles. The summed E-state index contributed by atoms with van der Waals surface area (Å²) in [6, 6.07) is 25.5. The Morgan fingerprint density at radius 1 is 0.846 bits per heavy atom. The van der Waals surface area contributed by atoms with Gasteiger partial charge in [-0.3, -0.25) is 9.10 Å². The van der Waals surface area contributed by atoms with Gasteiger partial charge in [0.05, 0.1) is 22.8 Å². The molecule has 0 aliphatic carbocycles. The largest absolute Gasteiger partial charge is 0.494 e. The summed E-state index contributed by atoms with van der Waals surface area (Å²) >= 11 is 0. The highest BCUT2D eigenvalue weighted by Crippen LogP contribution is 2.33. The van der Waals surface area contributed by atoms with Gasteiger partial charge in [0.1, 0.15) is 12.3 Å². The maximum atomic E-state index is 13.7. The highest BCUT2D eigenvalue weighted by atomic mass is 32.2. The van der Waals surface area contributed by atoms with Crippen molar-refractivity contribution < 1.29 is 31.1 Å². The minimum atomic E-state index is -4.70. The zero-order valence-corrected chi connectivity index (χ0v) is 21.7. The number of benzene rings is 4. The van der Waals surface area contributed by atoms with Gasteiger partial charge in [-0.1, -0.05) is 48.5 Å². The Balaban J connectivity index is 1.66. The third-order valence-electron chi connectivity index (χ3n) is 5.75.